The standard InChI is InChI=1S/C14H12BrClN2O/c1-18(12-8-3-2-7-11(12)17)14(19)9-5-4-6-10(15)13(9)16/h2-8H,17H2,1H3. The van der Waals surface area contributed by atoms with Gasteiger partial charge in [-0.3, -0.25) is 4.79 Å². The second-order valence-electron chi connectivity index (χ2n) is 4.02. The average Bonchev–Trinajstić information content (AvgIpc) is 2.41. The number of halogens is 2. The molecule has 0 heterocycles. The summed E-state index contributed by atoms with van der Waals surface area (Å²) >= 11 is 9.44. The van der Waals surface area contributed by atoms with Crippen LogP contribution in [0.5, 0.6) is 0 Å². The summed E-state index contributed by atoms with van der Waals surface area (Å²) in [5, 5.41) is 0.397. The topological polar surface area (TPSA) is 46.3 Å². The van der Waals surface area contributed by atoms with Gasteiger partial charge in [-0.25, -0.2) is 0 Å². The van der Waals surface area contributed by atoms with Crippen LogP contribution in [0.25, 0.3) is 0 Å². The maximum Gasteiger partial charge on any atom is 0.259 e. The zero-order chi connectivity index (χ0) is 14.0. The fraction of sp³-hybridized carbons (Fsp3) is 0.0714. The molecule has 2 rings (SSSR count). The highest BCUT2D eigenvalue weighted by atomic mass is 79.9. The van der Waals surface area contributed by atoms with E-state index >= 15 is 0 Å². The van der Waals surface area contributed by atoms with Crippen molar-refractivity contribution in [3.63, 3.8) is 0 Å². The van der Waals surface area contributed by atoms with Gasteiger partial charge in [0.2, 0.25) is 0 Å². The SMILES string of the molecule is CN(C(=O)c1cccc(Br)c1Cl)c1ccccc1N. The second-order valence-corrected chi connectivity index (χ2v) is 5.26. The molecule has 0 fully saturated rings. The van der Waals surface area contributed by atoms with Crippen molar-refractivity contribution in [2.75, 3.05) is 17.7 Å². The minimum atomic E-state index is -0.204. The quantitative estimate of drug-likeness (QED) is 0.842. The molecule has 2 N–H and O–H groups in total. The molecule has 2 aromatic rings. The molecule has 0 atom stereocenters. The summed E-state index contributed by atoms with van der Waals surface area (Å²) in [7, 11) is 1.67. The van der Waals surface area contributed by atoms with Crippen molar-refractivity contribution < 1.29 is 4.79 Å². The van der Waals surface area contributed by atoms with Crippen molar-refractivity contribution in [2.24, 2.45) is 0 Å². The number of anilines is 2. The minimum absolute atomic E-state index is 0.204. The van der Waals surface area contributed by atoms with E-state index in [2.05, 4.69) is 15.9 Å². The lowest BCUT2D eigenvalue weighted by Gasteiger charge is -2.20. The monoisotopic (exact) mass is 338 g/mol. The number of hydrogen-bond acceptors (Lipinski definition) is 2. The number of nitrogen functional groups attached to an aromatic ring is 1. The van der Waals surface area contributed by atoms with Crippen LogP contribution in [0.3, 0.4) is 0 Å². The normalized spacial score (nSPS) is 10.3. The van der Waals surface area contributed by atoms with Gasteiger partial charge < -0.3 is 10.6 Å². The average molecular weight is 340 g/mol. The molecule has 0 aliphatic heterocycles. The lowest BCUT2D eigenvalue weighted by Crippen LogP contribution is -2.27. The number of hydrogen-bond donors (Lipinski definition) is 1. The van der Waals surface area contributed by atoms with E-state index in [0.29, 0.717) is 26.4 Å². The largest absolute Gasteiger partial charge is 0.397 e. The third-order valence-electron chi connectivity index (χ3n) is 2.78. The van der Waals surface area contributed by atoms with Crippen LogP contribution in [0.2, 0.25) is 5.02 Å². The predicted octanol–water partition coefficient (Wildman–Crippen LogP) is 3.96. The summed E-state index contributed by atoms with van der Waals surface area (Å²) in [6.07, 6.45) is 0. The molecule has 2 aromatic carbocycles. The molecule has 1 amide bonds. The van der Waals surface area contributed by atoms with Crippen LogP contribution in [0.15, 0.2) is 46.9 Å². The van der Waals surface area contributed by atoms with E-state index in [1.165, 1.54) is 4.90 Å². The number of nitrogens with two attached hydrogens (primary N) is 1. The highest BCUT2D eigenvalue weighted by molar-refractivity contribution is 9.10. The molecule has 0 unspecified atom stereocenters. The van der Waals surface area contributed by atoms with E-state index in [9.17, 15) is 4.79 Å². The Morgan fingerprint density at radius 2 is 1.89 bits per heavy atom. The molecule has 98 valence electrons. The van der Waals surface area contributed by atoms with Crippen LogP contribution in [0.4, 0.5) is 11.4 Å². The molecule has 0 aliphatic rings. The fourth-order valence-corrected chi connectivity index (χ4v) is 2.33. The van der Waals surface area contributed by atoms with Crippen molar-refractivity contribution in [3.05, 3.63) is 57.5 Å². The number of amides is 1. The summed E-state index contributed by atoms with van der Waals surface area (Å²) in [5.41, 5.74) is 7.50. The first-order valence-electron chi connectivity index (χ1n) is 5.59. The van der Waals surface area contributed by atoms with Gasteiger partial charge in [-0.2, -0.15) is 0 Å². The van der Waals surface area contributed by atoms with Crippen LogP contribution in [-0.4, -0.2) is 13.0 Å². The van der Waals surface area contributed by atoms with Gasteiger partial charge in [0.15, 0.2) is 0 Å². The fourth-order valence-electron chi connectivity index (χ4n) is 1.75. The van der Waals surface area contributed by atoms with Crippen molar-refractivity contribution in [3.8, 4) is 0 Å². The molecule has 3 nitrogen and oxygen atoms in total. The van der Waals surface area contributed by atoms with Gasteiger partial charge in [0.05, 0.1) is 22.0 Å². The zero-order valence-electron chi connectivity index (χ0n) is 10.2. The van der Waals surface area contributed by atoms with Gasteiger partial charge >= 0.3 is 0 Å². The lowest BCUT2D eigenvalue weighted by molar-refractivity contribution is 0.0993. The zero-order valence-corrected chi connectivity index (χ0v) is 12.6. The Bertz CT molecular complexity index is 631. The maximum atomic E-state index is 12.4. The molecule has 0 aliphatic carbocycles. The van der Waals surface area contributed by atoms with E-state index in [0.717, 1.165) is 0 Å². The number of rotatable bonds is 2. The second kappa shape index (κ2) is 5.63. The molecule has 0 saturated heterocycles. The Balaban J connectivity index is 2.40. The number of nitrogens with zero attached hydrogens (tertiary/aromatic N) is 1. The van der Waals surface area contributed by atoms with E-state index in [4.69, 9.17) is 17.3 Å². The molecule has 19 heavy (non-hydrogen) atoms. The number of benzene rings is 2. The number of carbonyl (C=O) groups is 1. The Labute approximate surface area is 125 Å². The Hall–Kier alpha value is -1.52. The van der Waals surface area contributed by atoms with Gasteiger partial charge in [0.25, 0.3) is 5.91 Å². The van der Waals surface area contributed by atoms with Crippen molar-refractivity contribution >= 4 is 44.8 Å². The van der Waals surface area contributed by atoms with Gasteiger partial charge in [0.1, 0.15) is 0 Å². The Morgan fingerprint density at radius 3 is 2.58 bits per heavy atom. The van der Waals surface area contributed by atoms with E-state index in [-0.39, 0.29) is 5.91 Å². The van der Waals surface area contributed by atoms with Gasteiger partial charge in [-0.05, 0) is 40.2 Å². The molecule has 0 spiro atoms. The van der Waals surface area contributed by atoms with Crippen molar-refractivity contribution in [2.45, 2.75) is 0 Å². The first kappa shape index (κ1) is 13.9. The smallest absolute Gasteiger partial charge is 0.259 e. The molecule has 0 radical (unpaired) electrons. The molecule has 0 bridgehead atoms. The summed E-state index contributed by atoms with van der Waals surface area (Å²) in [4.78, 5) is 13.9. The number of carbonyl (C=O) groups excluding carboxylic acids is 1. The molecular formula is C14H12BrClN2O. The van der Waals surface area contributed by atoms with E-state index in [1.807, 2.05) is 12.1 Å². The molecule has 5 heteroatoms. The van der Waals surface area contributed by atoms with Crippen LogP contribution < -0.4 is 10.6 Å². The summed E-state index contributed by atoms with van der Waals surface area (Å²) < 4.78 is 0.689. The maximum absolute atomic E-state index is 12.4. The highest BCUT2D eigenvalue weighted by Gasteiger charge is 2.18. The van der Waals surface area contributed by atoms with Crippen LogP contribution in [0, 0.1) is 0 Å². The van der Waals surface area contributed by atoms with Crippen molar-refractivity contribution in [1.29, 1.82) is 0 Å². The summed E-state index contributed by atoms with van der Waals surface area (Å²) in [5.74, 6) is -0.204. The first-order valence-corrected chi connectivity index (χ1v) is 6.76. The third-order valence-corrected chi connectivity index (χ3v) is 4.08. The molecule has 0 aromatic heterocycles. The van der Waals surface area contributed by atoms with Gasteiger partial charge in [0, 0.05) is 11.5 Å². The molecular weight excluding hydrogens is 328 g/mol. The predicted molar refractivity (Wildman–Crippen MR) is 82.7 cm³/mol. The highest BCUT2D eigenvalue weighted by Crippen LogP contribution is 2.29. The van der Waals surface area contributed by atoms with Gasteiger partial charge in [-0.1, -0.05) is 29.8 Å². The van der Waals surface area contributed by atoms with Gasteiger partial charge in [-0.15, -0.1) is 0 Å². The van der Waals surface area contributed by atoms with Crippen molar-refractivity contribution in [1.82, 2.24) is 0 Å². The van der Waals surface area contributed by atoms with Crippen LogP contribution in [-0.2, 0) is 0 Å². The number of para-hydroxylation sites is 2. The van der Waals surface area contributed by atoms with Crippen LogP contribution >= 0.6 is 27.5 Å². The summed E-state index contributed by atoms with van der Waals surface area (Å²) in [6.45, 7) is 0. The van der Waals surface area contributed by atoms with E-state index in [1.54, 1.807) is 37.4 Å². The first-order chi connectivity index (χ1) is 9.02. The van der Waals surface area contributed by atoms with Crippen LogP contribution in [0.1, 0.15) is 10.4 Å². The Kier molecular flexibility index (Phi) is 4.12. The lowest BCUT2D eigenvalue weighted by atomic mass is 10.1. The Morgan fingerprint density at radius 1 is 1.21 bits per heavy atom. The van der Waals surface area contributed by atoms with E-state index < -0.39 is 0 Å². The minimum Gasteiger partial charge on any atom is -0.397 e. The molecule has 0 saturated carbocycles. The summed E-state index contributed by atoms with van der Waals surface area (Å²) in [6, 6.07) is 12.4. The third kappa shape index (κ3) is 2.74.